The molecule has 2 atom stereocenters. The van der Waals surface area contributed by atoms with Crippen LogP contribution in [-0.4, -0.2) is 12.6 Å². The van der Waals surface area contributed by atoms with Crippen molar-refractivity contribution in [2.45, 2.75) is 57.4 Å². The third-order valence-electron chi connectivity index (χ3n) is 5.63. The SMILES string of the molecule is Cc1ccc2c(c1)C1(C)CCCCC1(C)N2C. The summed E-state index contributed by atoms with van der Waals surface area (Å²) in [6, 6.07) is 6.99. The highest BCUT2D eigenvalue weighted by Crippen LogP contribution is 2.57. The minimum Gasteiger partial charge on any atom is -0.368 e. The Kier molecular flexibility index (Phi) is 2.14. The van der Waals surface area contributed by atoms with Crippen LogP contribution < -0.4 is 4.90 Å². The minimum absolute atomic E-state index is 0.321. The first-order valence-corrected chi connectivity index (χ1v) is 6.84. The zero-order valence-electron chi connectivity index (χ0n) is 11.5. The lowest BCUT2D eigenvalue weighted by molar-refractivity contribution is 0.189. The molecule has 1 aliphatic carbocycles. The highest BCUT2D eigenvalue weighted by atomic mass is 15.2. The third-order valence-corrected chi connectivity index (χ3v) is 5.63. The topological polar surface area (TPSA) is 3.24 Å². The molecule has 1 aromatic carbocycles. The maximum absolute atomic E-state index is 2.54. The highest BCUT2D eigenvalue weighted by molar-refractivity contribution is 5.67. The van der Waals surface area contributed by atoms with E-state index in [1.807, 2.05) is 0 Å². The van der Waals surface area contributed by atoms with E-state index in [2.05, 4.69) is 50.9 Å². The van der Waals surface area contributed by atoms with E-state index in [1.54, 1.807) is 5.56 Å². The fraction of sp³-hybridized carbons (Fsp3) is 0.625. The second kappa shape index (κ2) is 3.28. The van der Waals surface area contributed by atoms with Crippen LogP contribution in [0.25, 0.3) is 0 Å². The minimum atomic E-state index is 0.321. The van der Waals surface area contributed by atoms with Crippen molar-refractivity contribution in [3.05, 3.63) is 29.3 Å². The van der Waals surface area contributed by atoms with Gasteiger partial charge in [-0.15, -0.1) is 0 Å². The van der Waals surface area contributed by atoms with Gasteiger partial charge >= 0.3 is 0 Å². The summed E-state index contributed by atoms with van der Waals surface area (Å²) in [4.78, 5) is 2.54. The maximum Gasteiger partial charge on any atom is 0.0465 e. The van der Waals surface area contributed by atoms with Crippen LogP contribution in [0.3, 0.4) is 0 Å². The van der Waals surface area contributed by atoms with Crippen molar-refractivity contribution in [3.8, 4) is 0 Å². The van der Waals surface area contributed by atoms with Gasteiger partial charge in [-0.1, -0.05) is 37.5 Å². The van der Waals surface area contributed by atoms with Crippen LogP contribution in [0.5, 0.6) is 0 Å². The molecule has 0 spiro atoms. The Labute approximate surface area is 105 Å². The second-order valence-corrected chi connectivity index (χ2v) is 6.39. The van der Waals surface area contributed by atoms with E-state index in [0.29, 0.717) is 11.0 Å². The Morgan fingerprint density at radius 1 is 1.12 bits per heavy atom. The summed E-state index contributed by atoms with van der Waals surface area (Å²) in [6.45, 7) is 7.15. The number of anilines is 1. The van der Waals surface area contributed by atoms with E-state index >= 15 is 0 Å². The molecule has 0 bridgehead atoms. The molecule has 2 aliphatic rings. The predicted octanol–water partition coefficient (Wildman–Crippen LogP) is 4.04. The summed E-state index contributed by atoms with van der Waals surface area (Å²) < 4.78 is 0. The van der Waals surface area contributed by atoms with Crippen LogP contribution >= 0.6 is 0 Å². The standard InChI is InChI=1S/C16H23N/c1-12-7-8-14-13(11-12)15(2)9-5-6-10-16(15,3)17(14)4/h7-8,11H,5-6,9-10H2,1-4H3. The Hall–Kier alpha value is -0.980. The molecule has 1 aliphatic heterocycles. The number of aryl methyl sites for hydroxylation is 1. The van der Waals surface area contributed by atoms with Crippen molar-refractivity contribution in [1.29, 1.82) is 0 Å². The van der Waals surface area contributed by atoms with Crippen LogP contribution in [0, 0.1) is 6.92 Å². The van der Waals surface area contributed by atoms with Crippen LogP contribution in [0.15, 0.2) is 18.2 Å². The van der Waals surface area contributed by atoms with E-state index in [1.165, 1.54) is 36.9 Å². The zero-order chi connectivity index (χ0) is 12.3. The Morgan fingerprint density at radius 2 is 1.82 bits per heavy atom. The molecule has 92 valence electrons. The van der Waals surface area contributed by atoms with Crippen LogP contribution in [0.1, 0.15) is 50.7 Å². The molecule has 17 heavy (non-hydrogen) atoms. The van der Waals surface area contributed by atoms with Crippen molar-refractivity contribution < 1.29 is 0 Å². The molecule has 0 N–H and O–H groups in total. The summed E-state index contributed by atoms with van der Waals surface area (Å²) >= 11 is 0. The van der Waals surface area contributed by atoms with Crippen molar-refractivity contribution in [1.82, 2.24) is 0 Å². The average Bonchev–Trinajstić information content (AvgIpc) is 2.48. The first kappa shape index (κ1) is 11.1. The van der Waals surface area contributed by atoms with Gasteiger partial charge in [-0.3, -0.25) is 0 Å². The number of nitrogens with zero attached hydrogens (tertiary/aromatic N) is 1. The van der Waals surface area contributed by atoms with Crippen LogP contribution in [0.4, 0.5) is 5.69 Å². The zero-order valence-corrected chi connectivity index (χ0v) is 11.5. The van der Waals surface area contributed by atoms with E-state index < -0.39 is 0 Å². The fourth-order valence-corrected chi connectivity index (χ4v) is 4.11. The molecule has 1 fully saturated rings. The Morgan fingerprint density at radius 3 is 2.59 bits per heavy atom. The molecule has 2 unspecified atom stereocenters. The Bertz CT molecular complexity index is 465. The van der Waals surface area contributed by atoms with Crippen LogP contribution in [0.2, 0.25) is 0 Å². The number of rotatable bonds is 0. The molecule has 0 amide bonds. The van der Waals surface area contributed by atoms with Gasteiger partial charge in [0.1, 0.15) is 0 Å². The lowest BCUT2D eigenvalue weighted by Gasteiger charge is -2.49. The van der Waals surface area contributed by atoms with Gasteiger partial charge in [-0.2, -0.15) is 0 Å². The van der Waals surface area contributed by atoms with Gasteiger partial charge in [-0.05, 0) is 38.3 Å². The molecule has 0 saturated heterocycles. The smallest absolute Gasteiger partial charge is 0.0465 e. The second-order valence-electron chi connectivity index (χ2n) is 6.39. The molecule has 0 aromatic heterocycles. The normalized spacial score (nSPS) is 35.6. The monoisotopic (exact) mass is 229 g/mol. The molecule has 0 radical (unpaired) electrons. The van der Waals surface area contributed by atoms with E-state index in [9.17, 15) is 0 Å². The van der Waals surface area contributed by atoms with Gasteiger partial charge in [0.15, 0.2) is 0 Å². The van der Waals surface area contributed by atoms with E-state index in [0.717, 1.165) is 0 Å². The van der Waals surface area contributed by atoms with Crippen molar-refractivity contribution in [2.75, 3.05) is 11.9 Å². The molecule has 1 heterocycles. The van der Waals surface area contributed by atoms with Gasteiger partial charge < -0.3 is 4.90 Å². The average molecular weight is 229 g/mol. The molecular formula is C16H23N. The van der Waals surface area contributed by atoms with Crippen LogP contribution in [-0.2, 0) is 5.41 Å². The fourth-order valence-electron chi connectivity index (χ4n) is 4.11. The summed E-state index contributed by atoms with van der Waals surface area (Å²) in [5, 5.41) is 0. The van der Waals surface area contributed by atoms with E-state index in [4.69, 9.17) is 0 Å². The van der Waals surface area contributed by atoms with Crippen molar-refractivity contribution in [3.63, 3.8) is 0 Å². The van der Waals surface area contributed by atoms with Gasteiger partial charge in [0, 0.05) is 23.7 Å². The molecule has 1 nitrogen and oxygen atoms in total. The molecule has 1 saturated carbocycles. The summed E-state index contributed by atoms with van der Waals surface area (Å²) in [5.41, 5.74) is 5.11. The van der Waals surface area contributed by atoms with Gasteiger partial charge in [0.05, 0.1) is 0 Å². The number of fused-ring (bicyclic) bond motifs is 3. The maximum atomic E-state index is 2.54. The number of hydrogen-bond acceptors (Lipinski definition) is 1. The molecule has 1 aromatic rings. The van der Waals surface area contributed by atoms with Gasteiger partial charge in [0.2, 0.25) is 0 Å². The van der Waals surface area contributed by atoms with Crippen molar-refractivity contribution >= 4 is 5.69 Å². The summed E-state index contributed by atoms with van der Waals surface area (Å²) in [7, 11) is 2.28. The number of hydrogen-bond donors (Lipinski definition) is 0. The molecule has 3 rings (SSSR count). The largest absolute Gasteiger partial charge is 0.368 e. The lowest BCUT2D eigenvalue weighted by atomic mass is 9.61. The number of benzene rings is 1. The highest BCUT2D eigenvalue weighted by Gasteiger charge is 2.55. The Balaban J connectivity index is 2.23. The quantitative estimate of drug-likeness (QED) is 0.649. The van der Waals surface area contributed by atoms with Gasteiger partial charge in [0.25, 0.3) is 0 Å². The molecule has 1 heteroatoms. The molecular weight excluding hydrogens is 206 g/mol. The number of likely N-dealkylation sites (N-methyl/N-ethyl adjacent to an activating group) is 1. The van der Waals surface area contributed by atoms with Gasteiger partial charge in [-0.25, -0.2) is 0 Å². The summed E-state index contributed by atoms with van der Waals surface area (Å²) in [5.74, 6) is 0. The van der Waals surface area contributed by atoms with E-state index in [-0.39, 0.29) is 0 Å². The lowest BCUT2D eigenvalue weighted by Crippen LogP contribution is -2.55. The predicted molar refractivity (Wildman–Crippen MR) is 73.8 cm³/mol. The van der Waals surface area contributed by atoms with Crippen molar-refractivity contribution in [2.24, 2.45) is 0 Å². The third kappa shape index (κ3) is 1.20. The summed E-state index contributed by atoms with van der Waals surface area (Å²) in [6.07, 6.45) is 5.43. The first-order valence-electron chi connectivity index (χ1n) is 6.84. The first-order chi connectivity index (χ1) is 7.99.